The monoisotopic (exact) mass is 1420 g/mol. The molecule has 28 unspecified atom stereocenters. The minimum absolute atomic E-state index is 0.829. The molecule has 21 N–H and O–H groups in total. The molecule has 0 bridgehead atoms. The molecule has 0 rings (SSSR count). The molecule has 0 aliphatic carbocycles. The van der Waals surface area contributed by atoms with Crippen LogP contribution in [0.1, 0.15) is 142 Å². The van der Waals surface area contributed by atoms with E-state index in [9.17, 15) is 144 Å². The number of nitrogens with one attached hydrogen (secondary N) is 7. The molecule has 0 heterocycles. The summed E-state index contributed by atoms with van der Waals surface area (Å²) >= 11 is 0. The van der Waals surface area contributed by atoms with Gasteiger partial charge >= 0.3 is 0 Å². The molecule has 0 aromatic rings. The molecule has 36 nitrogen and oxygen atoms in total. The molecule has 0 aliphatic heterocycles. The molecule has 36 heteroatoms. The van der Waals surface area contributed by atoms with Gasteiger partial charge in [0.1, 0.15) is 36.3 Å². The largest absolute Gasteiger partial charge is 0.548 e. The summed E-state index contributed by atoms with van der Waals surface area (Å²) in [5.74, 6) is -29.0. The maximum Gasteiger partial charge on any atom is 0.226 e. The highest BCUT2D eigenvalue weighted by molar-refractivity contribution is 6.00. The third-order valence-electron chi connectivity index (χ3n) is 17.0. The van der Waals surface area contributed by atoms with Crippen LogP contribution in [0.2, 0.25) is 0 Å². The molecule has 568 valence electrons. The third-order valence-corrected chi connectivity index (χ3v) is 17.0. The zero-order valence-electron chi connectivity index (χ0n) is 58.3. The summed E-state index contributed by atoms with van der Waals surface area (Å²) in [7, 11) is 0. The van der Waals surface area contributed by atoms with Crippen LogP contribution in [-0.2, 0) is 67.1 Å². The summed E-state index contributed by atoms with van der Waals surface area (Å²) in [6, 6.07) is -13.4. The average molecular weight is 1430 g/mol. The summed E-state index contributed by atoms with van der Waals surface area (Å²) in [6.07, 6.45) is -29.7. The first-order valence-electron chi connectivity index (χ1n) is 32.4. The average Bonchev–Trinajstić information content (AvgIpc) is 0.873. The van der Waals surface area contributed by atoms with Crippen LogP contribution in [-0.4, -0.2) is 281 Å². The Kier molecular flexibility index (Phi) is 39.6. The van der Waals surface area contributed by atoms with Crippen molar-refractivity contribution in [3.05, 3.63) is 0 Å². The highest BCUT2D eigenvalue weighted by Gasteiger charge is 2.44. The first kappa shape index (κ1) is 92.2. The predicted octanol–water partition coefficient (Wildman–Crippen LogP) is -9.45. The zero-order valence-corrected chi connectivity index (χ0v) is 58.3. The normalized spacial score (nSPS) is 20.3. The molecule has 7 amide bonds. The highest BCUT2D eigenvalue weighted by Crippen LogP contribution is 2.23. The second kappa shape index (κ2) is 42.5. The Morgan fingerprint density at radius 3 is 0.455 bits per heavy atom. The molecule has 0 aromatic heterocycles. The van der Waals surface area contributed by atoms with Crippen LogP contribution >= 0.6 is 0 Å². The summed E-state index contributed by atoms with van der Waals surface area (Å²) in [5, 5.41) is 174. The fraction of sp³-hybridized carbons (Fsp3) is 0.778. The van der Waals surface area contributed by atoms with E-state index in [1.165, 1.54) is 13.8 Å². The quantitative estimate of drug-likeness (QED) is 0.0269. The van der Waals surface area contributed by atoms with Gasteiger partial charge < -0.3 is 119 Å². The van der Waals surface area contributed by atoms with Gasteiger partial charge in [-0.15, -0.1) is 0 Å². The van der Waals surface area contributed by atoms with Crippen LogP contribution in [0.5, 0.6) is 0 Å². The van der Waals surface area contributed by atoms with Gasteiger partial charge in [0, 0.05) is 38.5 Å². The van der Waals surface area contributed by atoms with E-state index >= 15 is 0 Å². The molecule has 0 fully saturated rings. The Bertz CT molecular complexity index is 2750. The van der Waals surface area contributed by atoms with E-state index in [1.54, 1.807) is 0 Å². The zero-order chi connectivity index (χ0) is 77.4. The second-order valence-electron chi connectivity index (χ2n) is 26.0. The van der Waals surface area contributed by atoms with Crippen molar-refractivity contribution in [1.29, 1.82) is 0 Å². The number of aliphatic hydroxyl groups excluding tert-OH is 14. The number of rotatable bonds is 47. The topological polar surface area (TPSA) is 629 Å². The first-order chi connectivity index (χ1) is 45.4. The highest BCUT2D eigenvalue weighted by atomic mass is 16.4. The van der Waals surface area contributed by atoms with Crippen molar-refractivity contribution in [2.24, 2.45) is 41.4 Å². The molecule has 28 atom stereocenters. The lowest BCUT2D eigenvalue weighted by atomic mass is 9.88. The van der Waals surface area contributed by atoms with E-state index in [2.05, 4.69) is 31.9 Å². The predicted molar refractivity (Wildman–Crippen MR) is 340 cm³/mol. The summed E-state index contributed by atoms with van der Waals surface area (Å²) < 4.78 is 0. The number of ketones is 6. The van der Waals surface area contributed by atoms with Crippen molar-refractivity contribution < 1.29 is 144 Å². The van der Waals surface area contributed by atoms with Gasteiger partial charge in [-0.25, -0.2) is 0 Å². The molecule has 0 aromatic carbocycles. The minimum atomic E-state index is -2.01. The summed E-state index contributed by atoms with van der Waals surface area (Å²) in [6.45, 7) is 16.2. The fourth-order valence-corrected chi connectivity index (χ4v) is 10.2. The Morgan fingerprint density at radius 2 is 0.343 bits per heavy atom. The van der Waals surface area contributed by atoms with Crippen LogP contribution in [0.15, 0.2) is 0 Å². The molecular formula is C63H106N7O29-. The number of hydrogen-bond acceptors (Lipinski definition) is 29. The number of carboxylic acid groups (broad SMARTS) is 1. The lowest BCUT2D eigenvalue weighted by molar-refractivity contribution is -0.310. The number of Topliss-reactive ketones (excluding diaryl/α,β-unsaturated/α-hetero) is 6. The van der Waals surface area contributed by atoms with Crippen molar-refractivity contribution in [3.8, 4) is 0 Å². The molecule has 0 saturated heterocycles. The van der Waals surface area contributed by atoms with E-state index < -0.39 is 290 Å². The molecule has 0 radical (unpaired) electrons. The number of carbonyl (C=O) groups is 14. The van der Waals surface area contributed by atoms with Crippen molar-refractivity contribution in [2.45, 2.75) is 270 Å². The van der Waals surface area contributed by atoms with Crippen molar-refractivity contribution in [2.75, 3.05) is 0 Å². The number of aliphatic carboxylic acids is 1. The van der Waals surface area contributed by atoms with Gasteiger partial charge in [0.25, 0.3) is 0 Å². The molecule has 0 spiro atoms. The van der Waals surface area contributed by atoms with Gasteiger partial charge in [0.2, 0.25) is 41.4 Å². The smallest absolute Gasteiger partial charge is 0.226 e. The second-order valence-corrected chi connectivity index (χ2v) is 26.0. The maximum absolute atomic E-state index is 14.0. The first-order valence-corrected chi connectivity index (χ1v) is 32.4. The van der Waals surface area contributed by atoms with Gasteiger partial charge in [-0.2, -0.15) is 0 Å². The number of aliphatic hydroxyl groups is 14. The standard InChI is InChI=1S/C63H107N7O29/c1-22(23(2)71)56(91)64-49(30(9)78)43(85)16-37(24(3)72)57(92)65-50(31(10)79)44(86)17-38(25(4)73)58(93)66-51(32(11)80)45(87)18-39(26(5)74)59(94)67-52(33(12)81)46(88)19-40(27(6)75)60(95)68-53(34(13)82)47(89)20-41(28(7)76)61(96)69-54(35(14)83)48(90)21-42(29(8)77)62(97)70-55(36(15)84)63(98)99/h22-42,49-55,71-84H,16-21H2,1-15H3,(H,64,91)(H,65,92)(H,66,93)(H,67,94)(H,68,95)(H,69,96)(H,70,97)(H,98,99)/p-1. The van der Waals surface area contributed by atoms with Gasteiger partial charge in [0.05, 0.1) is 139 Å². The number of carboxylic acids is 1. The molecule has 0 saturated carbocycles. The summed E-state index contributed by atoms with van der Waals surface area (Å²) in [5.41, 5.74) is 0. The molecular weight excluding hydrogens is 1320 g/mol. The van der Waals surface area contributed by atoms with Crippen LogP contribution in [0.3, 0.4) is 0 Å². The van der Waals surface area contributed by atoms with E-state index in [0.29, 0.717) is 0 Å². The van der Waals surface area contributed by atoms with E-state index in [-0.39, 0.29) is 0 Å². The molecule has 99 heavy (non-hydrogen) atoms. The van der Waals surface area contributed by atoms with Crippen molar-refractivity contribution in [3.63, 3.8) is 0 Å². The van der Waals surface area contributed by atoms with Gasteiger partial charge in [0.15, 0.2) is 34.7 Å². The van der Waals surface area contributed by atoms with E-state index in [0.717, 1.165) is 90.0 Å². The molecule has 0 aliphatic rings. The van der Waals surface area contributed by atoms with Gasteiger partial charge in [-0.3, -0.25) is 62.3 Å². The Hall–Kier alpha value is -6.78. The van der Waals surface area contributed by atoms with Crippen LogP contribution in [0.25, 0.3) is 0 Å². The lowest BCUT2D eigenvalue weighted by Crippen LogP contribution is -2.56. The van der Waals surface area contributed by atoms with Crippen LogP contribution < -0.4 is 42.3 Å². The SMILES string of the molecule is CC(O)C(C)C(=O)NC(C(=O)CC(C(=O)NC(C(=O)CC(C(=O)NC(C(=O)CC(C(=O)NC(C(=O)CC(C(=O)NC(C(=O)CC(C(=O)NC(C(=O)CC(C(=O)NC(C(=O)[O-])C(C)O)C(C)O)C(C)O)C(C)O)C(C)O)C(C)O)C(C)O)C(C)O)C(C)O)C(C)O)C(C)O)C(C)O)C(C)O. The number of amides is 7. The lowest BCUT2D eigenvalue weighted by Gasteiger charge is -2.30. The van der Waals surface area contributed by atoms with Crippen LogP contribution in [0.4, 0.5) is 0 Å². The summed E-state index contributed by atoms with van der Waals surface area (Å²) in [4.78, 5) is 188. The number of hydrogen-bond donors (Lipinski definition) is 21. The van der Waals surface area contributed by atoms with Gasteiger partial charge in [-0.05, 0) is 96.9 Å². The van der Waals surface area contributed by atoms with Gasteiger partial charge in [-0.1, -0.05) is 6.92 Å². The Labute approximate surface area is 572 Å². The van der Waals surface area contributed by atoms with Crippen molar-refractivity contribution in [1.82, 2.24) is 37.2 Å². The Balaban J connectivity index is 6.58. The fourth-order valence-electron chi connectivity index (χ4n) is 10.2. The minimum Gasteiger partial charge on any atom is -0.548 e. The van der Waals surface area contributed by atoms with E-state index in [4.69, 9.17) is 0 Å². The number of carbonyl (C=O) groups excluding carboxylic acids is 14. The van der Waals surface area contributed by atoms with E-state index in [1.807, 2.05) is 5.32 Å². The maximum atomic E-state index is 14.0. The van der Waals surface area contributed by atoms with Crippen LogP contribution in [0, 0.1) is 41.4 Å². The van der Waals surface area contributed by atoms with Crippen molar-refractivity contribution >= 4 is 82.0 Å². The third kappa shape index (κ3) is 29.4. The Morgan fingerprint density at radius 1 is 0.212 bits per heavy atom.